The average Bonchev–Trinajstić information content (AvgIpc) is 2.96. The zero-order chi connectivity index (χ0) is 19.6. The summed E-state index contributed by atoms with van der Waals surface area (Å²) < 4.78 is 0.540. The predicted octanol–water partition coefficient (Wildman–Crippen LogP) is 3.58. The summed E-state index contributed by atoms with van der Waals surface area (Å²) in [5, 5.41) is 5.71. The molecule has 0 fully saturated rings. The molecular weight excluding hydrogens is 382 g/mol. The minimum Gasteiger partial charge on any atom is -0.337 e. The molecule has 2 amide bonds. The van der Waals surface area contributed by atoms with Crippen LogP contribution in [0.1, 0.15) is 34.6 Å². The highest BCUT2D eigenvalue weighted by Crippen LogP contribution is 2.23. The number of anilines is 1. The number of carbonyl (C=O) groups is 2. The Morgan fingerprint density at radius 3 is 2.48 bits per heavy atom. The Balaban J connectivity index is 1.68. The first-order valence-electron chi connectivity index (χ1n) is 8.94. The number of likely N-dealkylation sites (N-methyl/N-ethyl adjacent to an activating group) is 1. The first kappa shape index (κ1) is 19.9. The SMILES string of the molecule is CN1CCc2ccc(NC(=O)C(C)(C)NC(=O)c3ccc(Cl)s3)cc2CC1. The number of thiophene rings is 1. The topological polar surface area (TPSA) is 61.4 Å². The second-order valence-electron chi connectivity index (χ2n) is 7.42. The maximum atomic E-state index is 12.7. The third-order valence-corrected chi connectivity index (χ3v) is 6.01. The van der Waals surface area contributed by atoms with Crippen molar-refractivity contribution in [3.63, 3.8) is 0 Å². The third-order valence-electron chi connectivity index (χ3n) is 4.78. The van der Waals surface area contributed by atoms with Gasteiger partial charge in [-0.3, -0.25) is 9.59 Å². The molecule has 2 N–H and O–H groups in total. The van der Waals surface area contributed by atoms with E-state index in [1.807, 2.05) is 12.1 Å². The average molecular weight is 406 g/mol. The molecule has 2 heterocycles. The molecule has 1 aliphatic rings. The number of nitrogens with zero attached hydrogens (tertiary/aromatic N) is 1. The Bertz CT molecular complexity index is 863. The number of hydrogen-bond donors (Lipinski definition) is 2. The van der Waals surface area contributed by atoms with Crippen molar-refractivity contribution >= 4 is 40.4 Å². The summed E-state index contributed by atoms with van der Waals surface area (Å²) in [6.07, 6.45) is 1.99. The molecule has 27 heavy (non-hydrogen) atoms. The largest absolute Gasteiger partial charge is 0.337 e. The molecule has 0 bridgehead atoms. The number of amides is 2. The highest BCUT2D eigenvalue weighted by molar-refractivity contribution is 7.18. The van der Waals surface area contributed by atoms with Gasteiger partial charge in [0.1, 0.15) is 5.54 Å². The van der Waals surface area contributed by atoms with Gasteiger partial charge >= 0.3 is 0 Å². The van der Waals surface area contributed by atoms with Crippen LogP contribution in [-0.2, 0) is 17.6 Å². The molecule has 7 heteroatoms. The molecule has 0 aliphatic carbocycles. The highest BCUT2D eigenvalue weighted by Gasteiger charge is 2.30. The third kappa shape index (κ3) is 4.89. The summed E-state index contributed by atoms with van der Waals surface area (Å²) in [4.78, 5) is 27.9. The van der Waals surface area contributed by atoms with Crippen LogP contribution in [0.25, 0.3) is 0 Å². The quantitative estimate of drug-likeness (QED) is 0.817. The van der Waals surface area contributed by atoms with E-state index in [0.717, 1.165) is 31.6 Å². The molecule has 2 aromatic rings. The number of carbonyl (C=O) groups excluding carboxylic acids is 2. The summed E-state index contributed by atoms with van der Waals surface area (Å²) >= 11 is 7.07. The Hall–Kier alpha value is -1.89. The van der Waals surface area contributed by atoms with Crippen molar-refractivity contribution in [1.29, 1.82) is 0 Å². The molecule has 1 aliphatic heterocycles. The van der Waals surface area contributed by atoms with E-state index in [1.54, 1.807) is 26.0 Å². The number of rotatable bonds is 4. The van der Waals surface area contributed by atoms with Crippen molar-refractivity contribution in [2.45, 2.75) is 32.2 Å². The van der Waals surface area contributed by atoms with Crippen LogP contribution in [-0.4, -0.2) is 42.4 Å². The van der Waals surface area contributed by atoms with Gasteiger partial charge in [-0.25, -0.2) is 0 Å². The number of fused-ring (bicyclic) bond motifs is 1. The molecule has 0 atom stereocenters. The smallest absolute Gasteiger partial charge is 0.262 e. The summed E-state index contributed by atoms with van der Waals surface area (Å²) in [5.74, 6) is -0.568. The van der Waals surface area contributed by atoms with Crippen molar-refractivity contribution < 1.29 is 9.59 Å². The van der Waals surface area contributed by atoms with Crippen molar-refractivity contribution in [3.05, 3.63) is 50.7 Å². The molecule has 1 aromatic carbocycles. The Morgan fingerprint density at radius 1 is 1.11 bits per heavy atom. The first-order valence-corrected chi connectivity index (χ1v) is 10.1. The lowest BCUT2D eigenvalue weighted by Gasteiger charge is -2.25. The zero-order valence-electron chi connectivity index (χ0n) is 15.8. The Morgan fingerprint density at radius 2 is 1.81 bits per heavy atom. The molecule has 0 spiro atoms. The van der Waals surface area contributed by atoms with Gasteiger partial charge in [0.15, 0.2) is 0 Å². The molecule has 1 aromatic heterocycles. The van der Waals surface area contributed by atoms with Crippen LogP contribution in [0.3, 0.4) is 0 Å². The summed E-state index contributed by atoms with van der Waals surface area (Å²) in [7, 11) is 2.13. The Kier molecular flexibility index (Phi) is 5.89. The fourth-order valence-electron chi connectivity index (χ4n) is 3.04. The normalized spacial score (nSPS) is 15.0. The van der Waals surface area contributed by atoms with Crippen molar-refractivity contribution in [3.8, 4) is 0 Å². The van der Waals surface area contributed by atoms with Crippen LogP contribution in [0, 0.1) is 0 Å². The van der Waals surface area contributed by atoms with Crippen LogP contribution < -0.4 is 10.6 Å². The lowest BCUT2D eigenvalue weighted by Crippen LogP contribution is -2.52. The molecule has 0 saturated carbocycles. The maximum Gasteiger partial charge on any atom is 0.262 e. The van der Waals surface area contributed by atoms with E-state index in [-0.39, 0.29) is 11.8 Å². The number of halogens is 1. The van der Waals surface area contributed by atoms with Gasteiger partial charge in [0.25, 0.3) is 5.91 Å². The van der Waals surface area contributed by atoms with Crippen LogP contribution in [0.15, 0.2) is 30.3 Å². The summed E-state index contributed by atoms with van der Waals surface area (Å²) in [6.45, 7) is 5.43. The number of hydrogen-bond acceptors (Lipinski definition) is 4. The van der Waals surface area contributed by atoms with E-state index in [2.05, 4.69) is 28.6 Å². The van der Waals surface area contributed by atoms with Crippen molar-refractivity contribution in [1.82, 2.24) is 10.2 Å². The minimum atomic E-state index is -1.06. The van der Waals surface area contributed by atoms with Gasteiger partial charge in [0.2, 0.25) is 5.91 Å². The van der Waals surface area contributed by atoms with E-state index in [1.165, 1.54) is 22.5 Å². The fourth-order valence-corrected chi connectivity index (χ4v) is 3.98. The Labute approximate surface area is 168 Å². The van der Waals surface area contributed by atoms with Crippen molar-refractivity contribution in [2.24, 2.45) is 0 Å². The molecule has 3 rings (SSSR count). The van der Waals surface area contributed by atoms with Crippen molar-refractivity contribution in [2.75, 3.05) is 25.5 Å². The van der Waals surface area contributed by atoms with E-state index in [9.17, 15) is 9.59 Å². The number of nitrogens with one attached hydrogen (secondary N) is 2. The van der Waals surface area contributed by atoms with E-state index >= 15 is 0 Å². The van der Waals surface area contributed by atoms with E-state index < -0.39 is 5.54 Å². The van der Waals surface area contributed by atoms with Gasteiger partial charge in [-0.05, 0) is 69.1 Å². The molecule has 0 radical (unpaired) electrons. The lowest BCUT2D eigenvalue weighted by molar-refractivity contribution is -0.120. The highest BCUT2D eigenvalue weighted by atomic mass is 35.5. The molecule has 144 valence electrons. The van der Waals surface area contributed by atoms with Gasteiger partial charge in [-0.15, -0.1) is 11.3 Å². The van der Waals surface area contributed by atoms with Gasteiger partial charge < -0.3 is 15.5 Å². The van der Waals surface area contributed by atoms with Gasteiger partial charge in [0, 0.05) is 18.8 Å². The predicted molar refractivity (Wildman–Crippen MR) is 111 cm³/mol. The minimum absolute atomic E-state index is 0.260. The standard InChI is InChI=1S/C20H24ClN3O2S/c1-20(2,23-18(25)16-6-7-17(21)27-16)19(26)22-15-5-4-13-8-10-24(3)11-9-14(13)12-15/h4-7,12H,8-11H2,1-3H3,(H,22,26)(H,23,25). The first-order chi connectivity index (χ1) is 12.7. The second-order valence-corrected chi connectivity index (χ2v) is 9.14. The van der Waals surface area contributed by atoms with Gasteiger partial charge in [0.05, 0.1) is 9.21 Å². The fraction of sp³-hybridized carbons (Fsp3) is 0.400. The maximum absolute atomic E-state index is 12.7. The molecule has 5 nitrogen and oxygen atoms in total. The van der Waals surface area contributed by atoms with Gasteiger partial charge in [-0.2, -0.15) is 0 Å². The lowest BCUT2D eigenvalue weighted by atomic mass is 10.0. The van der Waals surface area contributed by atoms with Gasteiger partial charge in [-0.1, -0.05) is 17.7 Å². The number of benzene rings is 1. The van der Waals surface area contributed by atoms with Crippen LogP contribution in [0.4, 0.5) is 5.69 Å². The van der Waals surface area contributed by atoms with Crippen LogP contribution in [0.2, 0.25) is 4.34 Å². The van der Waals surface area contributed by atoms with E-state index in [4.69, 9.17) is 11.6 Å². The molecular formula is C20H24ClN3O2S. The zero-order valence-corrected chi connectivity index (χ0v) is 17.3. The molecule has 0 unspecified atom stereocenters. The van der Waals surface area contributed by atoms with E-state index in [0.29, 0.717) is 9.21 Å². The molecule has 0 saturated heterocycles. The summed E-state index contributed by atoms with van der Waals surface area (Å²) in [5.41, 5.74) is 2.30. The van der Waals surface area contributed by atoms with Crippen LogP contribution >= 0.6 is 22.9 Å². The van der Waals surface area contributed by atoms with Crippen LogP contribution in [0.5, 0.6) is 0 Å². The summed E-state index contributed by atoms with van der Waals surface area (Å²) in [6, 6.07) is 9.38. The monoisotopic (exact) mass is 405 g/mol. The second kappa shape index (κ2) is 8.00.